The first-order valence-electron chi connectivity index (χ1n) is 26.4. The van der Waals surface area contributed by atoms with E-state index in [0.717, 1.165) is 45.1 Å². The summed E-state index contributed by atoms with van der Waals surface area (Å²) in [4.78, 5) is 68.5. The number of halogens is 1. The number of carbonyl (C=O) groups is 6. The molecule has 0 aliphatic carbocycles. The van der Waals surface area contributed by atoms with Gasteiger partial charge in [0.1, 0.15) is 11.5 Å². The molecule has 0 amide bonds. The number of carboxylic acid groups (broad SMARTS) is 1. The lowest BCUT2D eigenvalue weighted by Crippen LogP contribution is -2.03. The number of hydrogen-bond acceptors (Lipinski definition) is 12. The average Bonchev–Trinajstić information content (AvgIpc) is 4.13. The van der Waals surface area contributed by atoms with E-state index in [1.807, 2.05) is 179 Å². The van der Waals surface area contributed by atoms with E-state index in [2.05, 4.69) is 19.2 Å². The highest BCUT2D eigenvalue weighted by atomic mass is 35.5. The van der Waals surface area contributed by atoms with E-state index in [1.165, 1.54) is 79.5 Å². The molecule has 0 spiro atoms. The lowest BCUT2D eigenvalue weighted by atomic mass is 10.1. The number of rotatable bonds is 14. The van der Waals surface area contributed by atoms with Gasteiger partial charge in [0, 0.05) is 48.5 Å². The second kappa shape index (κ2) is 39.7. The number of allylic oxidation sites excluding steroid dienone is 1. The molecule has 0 fully saturated rings. The molecule has 0 unspecified atom stereocenters. The molecule has 8 rings (SSSR count). The Morgan fingerprint density at radius 1 is 0.407 bits per heavy atom. The second-order valence-corrected chi connectivity index (χ2v) is 18.6. The molecule has 0 saturated heterocycles. The van der Waals surface area contributed by atoms with Crippen molar-refractivity contribution >= 4 is 83.1 Å². The van der Waals surface area contributed by atoms with Crippen molar-refractivity contribution in [2.45, 2.75) is 34.6 Å². The highest BCUT2D eigenvalue weighted by Crippen LogP contribution is 2.17. The number of aromatic nitrogens is 2. The molecule has 15 heteroatoms. The standard InChI is InChI=1S/C19H16N2O2.2C11H12O2.C10H9ClO.C10H10O3.C10H10O2/c1-15-2-4-16(5-3-15)6-11-19(22)23-18-9-7-17(8-10-18)21-13-12-20-14-21;2*1-9-3-5-10(6-4-9)7-8-11(12)13-2;1-8-2-4-9(5-3-8)6-7-10(11)12;1-13-10(12)7-4-8-2-5-9(11)6-3-8;1-8-2-4-9(5-3-8)6-7-10(11)12/h2-14H,1H3;2*3-8H,1-2H3;2-7H,1H3;2-7,11H,1H3;2-7H,1H3,(H,11,12)/b11-6+;2*8-7+;7-6+;7-4+;7-6+. The fourth-order valence-corrected chi connectivity index (χ4v) is 6.48. The molecule has 1 aromatic heterocycles. The van der Waals surface area contributed by atoms with Crippen molar-refractivity contribution in [1.82, 2.24) is 9.55 Å². The fourth-order valence-electron chi connectivity index (χ4n) is 6.41. The van der Waals surface area contributed by atoms with Crippen molar-refractivity contribution in [2.24, 2.45) is 0 Å². The quantitative estimate of drug-likeness (QED) is 0.0343. The predicted octanol–water partition coefficient (Wildman–Crippen LogP) is 14.6. The Morgan fingerprint density at radius 3 is 0.977 bits per heavy atom. The zero-order chi connectivity index (χ0) is 63.1. The highest BCUT2D eigenvalue weighted by Gasteiger charge is 2.03. The van der Waals surface area contributed by atoms with E-state index < -0.39 is 23.2 Å². The van der Waals surface area contributed by atoms with Crippen molar-refractivity contribution < 1.29 is 57.9 Å². The Hall–Kier alpha value is -10.7. The number of imidazole rings is 1. The third kappa shape index (κ3) is 31.5. The molecule has 14 nitrogen and oxygen atoms in total. The number of benzene rings is 7. The fraction of sp³-hybridized carbons (Fsp3) is 0.113. The molecule has 0 atom stereocenters. The minimum Gasteiger partial charge on any atom is -0.508 e. The molecule has 0 radical (unpaired) electrons. The van der Waals surface area contributed by atoms with Gasteiger partial charge in [-0.2, -0.15) is 0 Å². The summed E-state index contributed by atoms with van der Waals surface area (Å²) in [5, 5.41) is 16.9. The summed E-state index contributed by atoms with van der Waals surface area (Å²) >= 11 is 5.13. The van der Waals surface area contributed by atoms with E-state index in [0.29, 0.717) is 5.75 Å². The summed E-state index contributed by atoms with van der Waals surface area (Å²) in [7, 11) is 4.05. The minimum atomic E-state index is -0.921. The molecule has 0 bridgehead atoms. The topological polar surface area (TPSA) is 198 Å². The molecular formula is C71H69ClN2O12. The van der Waals surface area contributed by atoms with Gasteiger partial charge < -0.3 is 33.7 Å². The second-order valence-electron chi connectivity index (χ2n) is 18.2. The molecule has 7 aromatic carbocycles. The number of aromatic hydroxyl groups is 1. The monoisotopic (exact) mass is 1180 g/mol. The Kier molecular flexibility index (Phi) is 32.1. The van der Waals surface area contributed by atoms with E-state index >= 15 is 0 Å². The zero-order valence-corrected chi connectivity index (χ0v) is 49.8. The summed E-state index contributed by atoms with van der Waals surface area (Å²) in [6.07, 6.45) is 23.4. The Morgan fingerprint density at radius 2 is 0.698 bits per heavy atom. The van der Waals surface area contributed by atoms with Gasteiger partial charge in [0.25, 0.3) is 0 Å². The van der Waals surface area contributed by atoms with Gasteiger partial charge in [-0.1, -0.05) is 167 Å². The number of carbonyl (C=O) groups excluding carboxylic acids is 5. The van der Waals surface area contributed by atoms with Gasteiger partial charge in [-0.05, 0) is 152 Å². The maximum Gasteiger partial charge on any atom is 0.336 e. The van der Waals surface area contributed by atoms with Crippen molar-refractivity contribution in [3.63, 3.8) is 0 Å². The third-order valence-electron chi connectivity index (χ3n) is 11.2. The number of hydrogen-bond donors (Lipinski definition) is 2. The van der Waals surface area contributed by atoms with Crippen LogP contribution in [-0.2, 0) is 43.0 Å². The number of aliphatic carboxylic acids is 1. The number of esters is 4. The van der Waals surface area contributed by atoms with Gasteiger partial charge >= 0.3 is 29.8 Å². The Bertz CT molecular complexity index is 3300. The molecular weight excluding hydrogens is 1110 g/mol. The lowest BCUT2D eigenvalue weighted by molar-refractivity contribution is -0.135. The first kappa shape index (κ1) is 69.6. The number of methoxy groups -OCH3 is 3. The van der Waals surface area contributed by atoms with Gasteiger partial charge in [0.15, 0.2) is 0 Å². The van der Waals surface area contributed by atoms with E-state index in [9.17, 15) is 28.8 Å². The predicted molar refractivity (Wildman–Crippen MR) is 342 cm³/mol. The maximum absolute atomic E-state index is 11.8. The van der Waals surface area contributed by atoms with Crippen molar-refractivity contribution in [3.8, 4) is 17.2 Å². The largest absolute Gasteiger partial charge is 0.508 e. The number of nitrogens with zero attached hydrogens (tertiary/aromatic N) is 2. The van der Waals surface area contributed by atoms with Gasteiger partial charge in [0.2, 0.25) is 5.24 Å². The van der Waals surface area contributed by atoms with Crippen molar-refractivity contribution in [1.29, 1.82) is 0 Å². The van der Waals surface area contributed by atoms with Gasteiger partial charge in [-0.15, -0.1) is 0 Å². The summed E-state index contributed by atoms with van der Waals surface area (Å²) in [6.45, 7) is 10.1. The Labute approximate surface area is 507 Å². The van der Waals surface area contributed by atoms with Crippen LogP contribution in [-0.4, -0.2) is 76.2 Å². The van der Waals surface area contributed by atoms with Crippen LogP contribution in [0.2, 0.25) is 0 Å². The first-order chi connectivity index (χ1) is 41.2. The van der Waals surface area contributed by atoms with Crippen LogP contribution in [0.1, 0.15) is 61.2 Å². The number of carboxylic acids is 1. The molecule has 86 heavy (non-hydrogen) atoms. The van der Waals surface area contributed by atoms with Crippen molar-refractivity contribution in [2.75, 3.05) is 21.3 Å². The minimum absolute atomic E-state index is 0.204. The number of phenols is 1. The van der Waals surface area contributed by atoms with Gasteiger partial charge in [-0.3, -0.25) is 4.79 Å². The average molecular weight is 1180 g/mol. The SMILES string of the molecule is COC(=O)/C=C/c1ccc(C)cc1.COC(=O)/C=C/c1ccc(C)cc1.COC(=O)/C=C/c1ccc(O)cc1.Cc1ccc(/C=C/C(=O)Cl)cc1.Cc1ccc(/C=C/C(=O)O)cc1.Cc1ccc(/C=C/C(=O)Oc2ccc(-n3ccnc3)cc2)cc1. The van der Waals surface area contributed by atoms with Gasteiger partial charge in [-0.25, -0.2) is 29.0 Å². The molecule has 0 aliphatic rings. The molecule has 8 aromatic rings. The van der Waals surface area contributed by atoms with Crippen LogP contribution in [0.3, 0.4) is 0 Å². The van der Waals surface area contributed by atoms with Gasteiger partial charge in [0.05, 0.1) is 27.7 Å². The van der Waals surface area contributed by atoms with Crippen LogP contribution >= 0.6 is 11.6 Å². The number of ether oxygens (including phenoxy) is 4. The smallest absolute Gasteiger partial charge is 0.336 e. The number of phenolic OH excluding ortho intramolecular Hbond substituents is 1. The van der Waals surface area contributed by atoms with Crippen LogP contribution < -0.4 is 4.74 Å². The summed E-state index contributed by atoms with van der Waals surface area (Å²) < 4.78 is 20.5. The highest BCUT2D eigenvalue weighted by molar-refractivity contribution is 6.66. The number of aryl methyl sites for hydroxylation is 5. The first-order valence-corrected chi connectivity index (χ1v) is 26.8. The maximum atomic E-state index is 11.8. The molecule has 442 valence electrons. The van der Waals surface area contributed by atoms with E-state index in [1.54, 1.807) is 85.4 Å². The van der Waals surface area contributed by atoms with Crippen LogP contribution in [0.15, 0.2) is 225 Å². The van der Waals surface area contributed by atoms with Crippen LogP contribution in [0, 0.1) is 34.6 Å². The molecule has 0 saturated carbocycles. The normalized spacial score (nSPS) is 10.5. The van der Waals surface area contributed by atoms with Crippen molar-refractivity contribution in [3.05, 3.63) is 286 Å². The van der Waals surface area contributed by atoms with Crippen LogP contribution in [0.5, 0.6) is 11.5 Å². The lowest BCUT2D eigenvalue weighted by Gasteiger charge is -2.04. The third-order valence-corrected chi connectivity index (χ3v) is 11.3. The Balaban J connectivity index is 0.000000276. The molecule has 2 N–H and O–H groups in total. The zero-order valence-electron chi connectivity index (χ0n) is 49.1. The van der Waals surface area contributed by atoms with E-state index in [4.69, 9.17) is 26.6 Å². The van der Waals surface area contributed by atoms with Crippen LogP contribution in [0.25, 0.3) is 42.1 Å². The van der Waals surface area contributed by atoms with Crippen LogP contribution in [0.4, 0.5) is 0 Å². The summed E-state index contributed by atoms with van der Waals surface area (Å²) in [6, 6.07) is 53.0. The summed E-state index contributed by atoms with van der Waals surface area (Å²) in [5.74, 6) is -1.67. The van der Waals surface area contributed by atoms with E-state index in [-0.39, 0.29) is 17.7 Å². The molecule has 0 aliphatic heterocycles. The summed E-state index contributed by atoms with van der Waals surface area (Å²) in [5.41, 5.74) is 12.6. The molecule has 1 heterocycles.